The van der Waals surface area contributed by atoms with E-state index in [1.165, 1.54) is 16.8 Å². The van der Waals surface area contributed by atoms with Crippen LogP contribution in [0.1, 0.15) is 0 Å². The maximum atomic E-state index is 13.1. The van der Waals surface area contributed by atoms with Gasteiger partial charge in [0.2, 0.25) is 5.95 Å². The van der Waals surface area contributed by atoms with E-state index in [0.29, 0.717) is 22.2 Å². The molecule has 0 unspecified atom stereocenters. The van der Waals surface area contributed by atoms with Gasteiger partial charge in [-0.15, -0.1) is 0 Å². The average Bonchev–Trinajstić information content (AvgIpc) is 2.68. The van der Waals surface area contributed by atoms with Gasteiger partial charge in [-0.2, -0.15) is 0 Å². The van der Waals surface area contributed by atoms with Crippen molar-refractivity contribution in [1.82, 2.24) is 14.5 Å². The number of hydrogen-bond acceptors (Lipinski definition) is 6. The van der Waals surface area contributed by atoms with Gasteiger partial charge in [0.1, 0.15) is 0 Å². The molecule has 0 spiro atoms. The summed E-state index contributed by atoms with van der Waals surface area (Å²) in [6, 6.07) is 17.4. The lowest BCUT2D eigenvalue weighted by Crippen LogP contribution is -2.23. The molecule has 2 aromatic carbocycles. The van der Waals surface area contributed by atoms with Crippen LogP contribution in [0, 0.1) is 0 Å². The Kier molecular flexibility index (Phi) is 4.20. The number of benzene rings is 2. The molecule has 0 saturated carbocycles. The Balaban J connectivity index is 1.88. The normalized spacial score (nSPS) is 11.6. The molecular weight excluding hydrogens is 376 g/mol. The number of hydrogen-bond donors (Lipinski definition) is 1. The van der Waals surface area contributed by atoms with E-state index >= 15 is 0 Å². The van der Waals surface area contributed by atoms with Crippen LogP contribution >= 0.6 is 0 Å². The lowest BCUT2D eigenvalue weighted by molar-refractivity contribution is 0.598. The number of anilines is 1. The summed E-state index contributed by atoms with van der Waals surface area (Å²) in [6.07, 6.45) is 2.57. The Morgan fingerprint density at radius 3 is 2.32 bits per heavy atom. The number of para-hydroxylation sites is 1. The van der Waals surface area contributed by atoms with Crippen LogP contribution in [-0.2, 0) is 9.84 Å². The average molecular weight is 392 g/mol. The van der Waals surface area contributed by atoms with Gasteiger partial charge in [-0.05, 0) is 42.0 Å². The summed E-state index contributed by atoms with van der Waals surface area (Å²) in [4.78, 5) is 21.4. The predicted molar refractivity (Wildman–Crippen MR) is 108 cm³/mol. The molecule has 0 aliphatic carbocycles. The first-order valence-electron chi connectivity index (χ1n) is 8.39. The first-order chi connectivity index (χ1) is 13.3. The second kappa shape index (κ2) is 6.58. The van der Waals surface area contributed by atoms with Gasteiger partial charge < -0.3 is 5.73 Å². The highest BCUT2D eigenvalue weighted by atomic mass is 32.2. The van der Waals surface area contributed by atoms with E-state index in [1.807, 2.05) is 18.2 Å². The summed E-state index contributed by atoms with van der Waals surface area (Å²) in [5.41, 5.74) is 8.26. The summed E-state index contributed by atoms with van der Waals surface area (Å²) in [5.74, 6) is 0.107. The Hall–Kier alpha value is -3.52. The number of rotatable bonds is 3. The molecule has 0 radical (unpaired) electrons. The summed E-state index contributed by atoms with van der Waals surface area (Å²) in [5, 5.41) is 0.403. The van der Waals surface area contributed by atoms with Crippen LogP contribution in [0.4, 0.5) is 5.95 Å². The summed E-state index contributed by atoms with van der Waals surface area (Å²) < 4.78 is 24.5. The smallest absolute Gasteiger partial charge is 0.267 e. The molecule has 0 fully saturated rings. The summed E-state index contributed by atoms with van der Waals surface area (Å²) in [6.45, 7) is 0. The van der Waals surface area contributed by atoms with Crippen molar-refractivity contribution in [3.63, 3.8) is 0 Å². The number of sulfone groups is 1. The summed E-state index contributed by atoms with van der Waals surface area (Å²) >= 11 is 0. The molecule has 7 nitrogen and oxygen atoms in total. The monoisotopic (exact) mass is 392 g/mol. The minimum atomic E-state index is -3.37. The van der Waals surface area contributed by atoms with Crippen LogP contribution in [0.5, 0.6) is 0 Å². The van der Waals surface area contributed by atoms with E-state index in [1.54, 1.807) is 36.4 Å². The van der Waals surface area contributed by atoms with Gasteiger partial charge in [0.25, 0.3) is 5.56 Å². The van der Waals surface area contributed by atoms with Crippen molar-refractivity contribution < 1.29 is 8.42 Å². The van der Waals surface area contributed by atoms with Crippen LogP contribution in [0.25, 0.3) is 27.7 Å². The zero-order valence-electron chi connectivity index (χ0n) is 14.9. The second-order valence-electron chi connectivity index (χ2n) is 6.34. The van der Waals surface area contributed by atoms with E-state index in [4.69, 9.17) is 5.73 Å². The predicted octanol–water partition coefficient (Wildman–Crippen LogP) is 2.43. The van der Waals surface area contributed by atoms with Crippen molar-refractivity contribution in [2.45, 2.75) is 5.03 Å². The highest BCUT2D eigenvalue weighted by Gasteiger charge is 2.13. The van der Waals surface area contributed by atoms with Crippen molar-refractivity contribution in [2.75, 3.05) is 12.0 Å². The fourth-order valence-electron chi connectivity index (χ4n) is 2.98. The highest BCUT2D eigenvalue weighted by molar-refractivity contribution is 7.90. The fourth-order valence-corrected chi connectivity index (χ4v) is 3.54. The minimum absolute atomic E-state index is 0.00193. The molecule has 4 rings (SSSR count). The third-order valence-corrected chi connectivity index (χ3v) is 5.36. The van der Waals surface area contributed by atoms with Gasteiger partial charge >= 0.3 is 0 Å². The molecule has 8 heteroatoms. The van der Waals surface area contributed by atoms with Gasteiger partial charge in [0.05, 0.1) is 16.6 Å². The van der Waals surface area contributed by atoms with Crippen LogP contribution in [0.15, 0.2) is 76.7 Å². The quantitative estimate of drug-likeness (QED) is 0.574. The molecule has 0 aliphatic rings. The SMILES string of the molecule is CS(=O)(=O)c1ccc(-c2ccc3nc(N)n(-c4ccccc4)c(=O)c3c2)cn1. The summed E-state index contributed by atoms with van der Waals surface area (Å²) in [7, 11) is -3.37. The van der Waals surface area contributed by atoms with E-state index in [2.05, 4.69) is 9.97 Å². The molecule has 140 valence electrons. The zero-order chi connectivity index (χ0) is 19.9. The topological polar surface area (TPSA) is 108 Å². The standard InChI is InChI=1S/C20H16N4O3S/c1-28(26,27)18-10-8-14(12-22-18)13-7-9-17-16(11-13)19(25)24(20(21)23-17)15-5-3-2-4-6-15/h2-12H,1H3,(H2,21,23). The molecule has 0 saturated heterocycles. The van der Waals surface area contributed by atoms with Gasteiger partial charge in [-0.1, -0.05) is 24.3 Å². The van der Waals surface area contributed by atoms with Crippen LogP contribution < -0.4 is 11.3 Å². The Morgan fingerprint density at radius 2 is 1.68 bits per heavy atom. The minimum Gasteiger partial charge on any atom is -0.369 e. The fraction of sp³-hybridized carbons (Fsp3) is 0.0500. The second-order valence-corrected chi connectivity index (χ2v) is 8.30. The first kappa shape index (κ1) is 17.9. The van der Waals surface area contributed by atoms with Gasteiger partial charge in [0.15, 0.2) is 14.9 Å². The van der Waals surface area contributed by atoms with Crippen molar-refractivity contribution in [2.24, 2.45) is 0 Å². The molecular formula is C20H16N4O3S. The molecule has 0 atom stereocenters. The van der Waals surface area contributed by atoms with Crippen molar-refractivity contribution >= 4 is 26.7 Å². The maximum Gasteiger partial charge on any atom is 0.267 e. The maximum absolute atomic E-state index is 13.1. The lowest BCUT2D eigenvalue weighted by atomic mass is 10.1. The molecule has 2 heterocycles. The molecule has 0 bridgehead atoms. The van der Waals surface area contributed by atoms with Crippen LogP contribution in [-0.4, -0.2) is 29.2 Å². The van der Waals surface area contributed by atoms with E-state index < -0.39 is 9.84 Å². The highest BCUT2D eigenvalue weighted by Crippen LogP contribution is 2.23. The molecule has 0 amide bonds. The van der Waals surface area contributed by atoms with Crippen molar-refractivity contribution in [3.8, 4) is 16.8 Å². The largest absolute Gasteiger partial charge is 0.369 e. The number of nitrogen functional groups attached to an aromatic ring is 1. The number of fused-ring (bicyclic) bond motifs is 1. The van der Waals surface area contributed by atoms with Crippen LogP contribution in [0.3, 0.4) is 0 Å². The zero-order valence-corrected chi connectivity index (χ0v) is 15.7. The third kappa shape index (κ3) is 3.14. The van der Waals surface area contributed by atoms with E-state index in [-0.39, 0.29) is 16.5 Å². The first-order valence-corrected chi connectivity index (χ1v) is 10.3. The van der Waals surface area contributed by atoms with Crippen molar-refractivity contribution in [1.29, 1.82) is 0 Å². The van der Waals surface area contributed by atoms with Gasteiger partial charge in [-0.3, -0.25) is 4.79 Å². The number of nitrogens with zero attached hydrogens (tertiary/aromatic N) is 3. The molecule has 28 heavy (non-hydrogen) atoms. The van der Waals surface area contributed by atoms with Crippen LogP contribution in [0.2, 0.25) is 0 Å². The van der Waals surface area contributed by atoms with Crippen molar-refractivity contribution in [3.05, 3.63) is 77.2 Å². The van der Waals surface area contributed by atoms with E-state index in [9.17, 15) is 13.2 Å². The number of nitrogens with two attached hydrogens (primary N) is 1. The van der Waals surface area contributed by atoms with Gasteiger partial charge in [-0.25, -0.2) is 23.0 Å². The molecule has 4 aromatic rings. The molecule has 0 aliphatic heterocycles. The lowest BCUT2D eigenvalue weighted by Gasteiger charge is -2.11. The number of pyridine rings is 1. The third-order valence-electron chi connectivity index (χ3n) is 4.36. The van der Waals surface area contributed by atoms with E-state index in [0.717, 1.165) is 11.8 Å². The number of aromatic nitrogens is 3. The molecule has 2 N–H and O–H groups in total. The molecule has 2 aromatic heterocycles. The Labute approximate surface area is 161 Å². The Bertz CT molecular complexity index is 1350. The Morgan fingerprint density at radius 1 is 0.964 bits per heavy atom. The van der Waals surface area contributed by atoms with Gasteiger partial charge in [0, 0.05) is 18.0 Å².